The summed E-state index contributed by atoms with van der Waals surface area (Å²) in [5.74, 6) is 1.23. The number of nitrogens with zero attached hydrogens (tertiary/aromatic N) is 2. The van der Waals surface area contributed by atoms with Gasteiger partial charge in [-0.25, -0.2) is 4.98 Å². The van der Waals surface area contributed by atoms with Crippen molar-refractivity contribution in [2.75, 3.05) is 0 Å². The van der Waals surface area contributed by atoms with E-state index >= 15 is 0 Å². The summed E-state index contributed by atoms with van der Waals surface area (Å²) >= 11 is 3.46. The Morgan fingerprint density at radius 1 is 1.35 bits per heavy atom. The molecular weight excluding hydrogens is 318 g/mol. The van der Waals surface area contributed by atoms with Crippen LogP contribution in [0.4, 0.5) is 0 Å². The first-order valence-corrected chi connectivity index (χ1v) is 7.94. The Hall–Kier alpha value is -1.36. The molecule has 1 amide bonds. The van der Waals surface area contributed by atoms with E-state index in [1.807, 2.05) is 28.8 Å². The first-order chi connectivity index (χ1) is 9.75. The van der Waals surface area contributed by atoms with Crippen LogP contribution >= 0.6 is 15.9 Å². The Labute approximate surface area is 126 Å². The topological polar surface area (TPSA) is 46.4 Å². The number of carbonyl (C=O) groups is 1. The summed E-state index contributed by atoms with van der Waals surface area (Å²) in [6.45, 7) is 0.478. The van der Waals surface area contributed by atoms with Gasteiger partial charge in [-0.3, -0.25) is 4.79 Å². The second-order valence-electron chi connectivity index (χ2n) is 5.33. The molecule has 0 saturated heterocycles. The van der Waals surface area contributed by atoms with Gasteiger partial charge in [0.05, 0.1) is 12.1 Å². The Bertz CT molecular complexity index is 617. The largest absolute Gasteiger partial charge is 0.349 e. The molecule has 2 aromatic heterocycles. The molecule has 1 aliphatic rings. The van der Waals surface area contributed by atoms with Crippen LogP contribution in [0.5, 0.6) is 0 Å². The third-order valence-corrected chi connectivity index (χ3v) is 4.56. The number of amides is 1. The Kier molecular flexibility index (Phi) is 4.05. The molecule has 2 aromatic rings. The number of fused-ring (bicyclic) bond motifs is 1. The molecule has 1 N–H and O–H groups in total. The molecule has 0 atom stereocenters. The van der Waals surface area contributed by atoms with Crippen molar-refractivity contribution in [2.24, 2.45) is 5.92 Å². The first kappa shape index (κ1) is 13.6. The Morgan fingerprint density at radius 3 is 2.95 bits per heavy atom. The van der Waals surface area contributed by atoms with E-state index in [2.05, 4.69) is 26.2 Å². The fraction of sp³-hybridized carbons (Fsp3) is 0.467. The third-order valence-electron chi connectivity index (χ3n) is 3.97. The van der Waals surface area contributed by atoms with E-state index in [0.717, 1.165) is 28.8 Å². The highest BCUT2D eigenvalue weighted by molar-refractivity contribution is 9.10. The van der Waals surface area contributed by atoms with Crippen molar-refractivity contribution in [3.05, 3.63) is 34.8 Å². The number of nitrogens with one attached hydrogen (secondary N) is 1. The summed E-state index contributed by atoms with van der Waals surface area (Å²) in [4.78, 5) is 16.6. The van der Waals surface area contributed by atoms with Crippen LogP contribution < -0.4 is 5.32 Å². The number of halogens is 1. The van der Waals surface area contributed by atoms with Gasteiger partial charge in [0.15, 0.2) is 0 Å². The summed E-state index contributed by atoms with van der Waals surface area (Å²) in [5.41, 5.74) is 1.02. The van der Waals surface area contributed by atoms with Gasteiger partial charge in [-0.1, -0.05) is 25.3 Å². The molecule has 0 bridgehead atoms. The van der Waals surface area contributed by atoms with Crippen molar-refractivity contribution >= 4 is 27.4 Å². The average molecular weight is 336 g/mol. The van der Waals surface area contributed by atoms with E-state index in [1.54, 1.807) is 0 Å². The van der Waals surface area contributed by atoms with Gasteiger partial charge < -0.3 is 9.72 Å². The number of hydrogen-bond acceptors (Lipinski definition) is 2. The highest BCUT2D eigenvalue weighted by atomic mass is 79.9. The van der Waals surface area contributed by atoms with Gasteiger partial charge in [0.1, 0.15) is 10.4 Å². The van der Waals surface area contributed by atoms with Crippen LogP contribution in [0.15, 0.2) is 29.0 Å². The number of rotatable bonds is 3. The summed E-state index contributed by atoms with van der Waals surface area (Å²) in [5, 5.41) is 3.03. The molecule has 2 heterocycles. The monoisotopic (exact) mass is 335 g/mol. The van der Waals surface area contributed by atoms with Gasteiger partial charge in [-0.15, -0.1) is 0 Å². The molecule has 0 radical (unpaired) electrons. The van der Waals surface area contributed by atoms with Gasteiger partial charge in [-0.05, 0) is 40.9 Å². The molecule has 1 aliphatic carbocycles. The molecule has 106 valence electrons. The van der Waals surface area contributed by atoms with Gasteiger partial charge in [0.2, 0.25) is 5.91 Å². The summed E-state index contributed by atoms with van der Waals surface area (Å²) in [6, 6.07) is 5.95. The van der Waals surface area contributed by atoms with E-state index in [9.17, 15) is 4.79 Å². The smallest absolute Gasteiger partial charge is 0.223 e. The zero-order chi connectivity index (χ0) is 13.9. The second-order valence-corrected chi connectivity index (χ2v) is 6.08. The highest BCUT2D eigenvalue weighted by Gasteiger charge is 2.21. The maximum Gasteiger partial charge on any atom is 0.223 e. The van der Waals surface area contributed by atoms with E-state index in [4.69, 9.17) is 0 Å². The lowest BCUT2D eigenvalue weighted by molar-refractivity contribution is -0.126. The van der Waals surface area contributed by atoms with E-state index < -0.39 is 0 Å². The molecule has 20 heavy (non-hydrogen) atoms. The molecule has 4 nitrogen and oxygen atoms in total. The van der Waals surface area contributed by atoms with Crippen LogP contribution in [0.3, 0.4) is 0 Å². The van der Waals surface area contributed by atoms with Crippen LogP contribution in [0, 0.1) is 5.92 Å². The van der Waals surface area contributed by atoms with Crippen molar-refractivity contribution in [1.82, 2.24) is 14.7 Å². The predicted octanol–water partition coefficient (Wildman–Crippen LogP) is 3.29. The number of imidazole rings is 1. The Morgan fingerprint density at radius 2 is 2.15 bits per heavy atom. The lowest BCUT2D eigenvalue weighted by Crippen LogP contribution is -2.32. The summed E-state index contributed by atoms with van der Waals surface area (Å²) < 4.78 is 2.82. The Balaban J connectivity index is 1.69. The van der Waals surface area contributed by atoms with Crippen LogP contribution in [0.1, 0.15) is 37.9 Å². The summed E-state index contributed by atoms with van der Waals surface area (Å²) in [6.07, 6.45) is 7.64. The highest BCUT2D eigenvalue weighted by Crippen LogP contribution is 2.24. The predicted molar refractivity (Wildman–Crippen MR) is 81.3 cm³/mol. The van der Waals surface area contributed by atoms with Crippen molar-refractivity contribution in [2.45, 2.75) is 38.6 Å². The average Bonchev–Trinajstić information content (AvgIpc) is 2.83. The summed E-state index contributed by atoms with van der Waals surface area (Å²) in [7, 11) is 0. The van der Waals surface area contributed by atoms with Crippen LogP contribution in [-0.4, -0.2) is 15.3 Å². The van der Waals surface area contributed by atoms with Gasteiger partial charge in [-0.2, -0.15) is 0 Å². The lowest BCUT2D eigenvalue weighted by atomic mass is 9.89. The fourth-order valence-corrected chi connectivity index (χ4v) is 3.39. The molecule has 0 spiro atoms. The first-order valence-electron chi connectivity index (χ1n) is 7.15. The van der Waals surface area contributed by atoms with Crippen LogP contribution in [0.2, 0.25) is 0 Å². The van der Waals surface area contributed by atoms with Crippen molar-refractivity contribution in [1.29, 1.82) is 0 Å². The van der Waals surface area contributed by atoms with Gasteiger partial charge in [0, 0.05) is 12.1 Å². The normalized spacial score (nSPS) is 16.4. The standard InChI is InChI=1S/C15H18BrN3O/c16-14-12-8-4-5-9-19(12)13(18-14)10-17-15(20)11-6-2-1-3-7-11/h4-5,8-9,11H,1-3,6-7,10H2,(H,17,20). The number of aromatic nitrogens is 2. The molecule has 1 fully saturated rings. The van der Waals surface area contributed by atoms with Crippen molar-refractivity contribution in [3.63, 3.8) is 0 Å². The molecule has 0 aromatic carbocycles. The van der Waals surface area contributed by atoms with Gasteiger partial charge >= 0.3 is 0 Å². The van der Waals surface area contributed by atoms with Gasteiger partial charge in [0.25, 0.3) is 0 Å². The van der Waals surface area contributed by atoms with E-state index in [-0.39, 0.29) is 11.8 Å². The molecular formula is C15H18BrN3O. The number of carbonyl (C=O) groups excluding carboxylic acids is 1. The number of pyridine rings is 1. The maximum absolute atomic E-state index is 12.2. The SMILES string of the molecule is O=C(NCc1nc(Br)c2ccccn12)C1CCCCC1. The van der Waals surface area contributed by atoms with Crippen molar-refractivity contribution < 1.29 is 4.79 Å². The quantitative estimate of drug-likeness (QED) is 0.935. The van der Waals surface area contributed by atoms with Crippen molar-refractivity contribution in [3.8, 4) is 0 Å². The molecule has 5 heteroatoms. The number of hydrogen-bond donors (Lipinski definition) is 1. The lowest BCUT2D eigenvalue weighted by Gasteiger charge is -2.20. The maximum atomic E-state index is 12.2. The molecule has 0 unspecified atom stereocenters. The molecule has 3 rings (SSSR count). The van der Waals surface area contributed by atoms with E-state index in [1.165, 1.54) is 19.3 Å². The van der Waals surface area contributed by atoms with E-state index in [0.29, 0.717) is 6.54 Å². The zero-order valence-electron chi connectivity index (χ0n) is 11.3. The second kappa shape index (κ2) is 5.95. The zero-order valence-corrected chi connectivity index (χ0v) is 12.9. The minimum Gasteiger partial charge on any atom is -0.349 e. The third kappa shape index (κ3) is 2.73. The van der Waals surface area contributed by atoms with Crippen LogP contribution in [0.25, 0.3) is 5.52 Å². The minimum absolute atomic E-state index is 0.175. The molecule has 0 aliphatic heterocycles. The minimum atomic E-state index is 0.175. The fourth-order valence-electron chi connectivity index (χ4n) is 2.86. The molecule has 1 saturated carbocycles. The van der Waals surface area contributed by atoms with Crippen LogP contribution in [-0.2, 0) is 11.3 Å².